The first-order valence-corrected chi connectivity index (χ1v) is 11.1. The van der Waals surface area contributed by atoms with Crippen LogP contribution in [0.2, 0.25) is 10.0 Å². The van der Waals surface area contributed by atoms with Crippen LogP contribution in [-0.2, 0) is 12.3 Å². The summed E-state index contributed by atoms with van der Waals surface area (Å²) >= 11 is 13.9. The number of imidazole rings is 1. The highest BCUT2D eigenvalue weighted by Gasteiger charge is 2.22. The Morgan fingerprint density at radius 3 is 2.79 bits per heavy atom. The number of nitrogens with zero attached hydrogens (tertiary/aromatic N) is 6. The summed E-state index contributed by atoms with van der Waals surface area (Å²) < 4.78 is 9.53. The first kappa shape index (κ1) is 18.8. The van der Waals surface area contributed by atoms with Crippen molar-refractivity contribution >= 4 is 46.6 Å². The van der Waals surface area contributed by atoms with E-state index in [9.17, 15) is 0 Å². The molecule has 29 heavy (non-hydrogen) atoms. The third-order valence-corrected chi connectivity index (χ3v) is 6.34. The minimum atomic E-state index is 0.533. The Balaban J connectivity index is 1.41. The zero-order chi connectivity index (χ0) is 19.8. The summed E-state index contributed by atoms with van der Waals surface area (Å²) in [4.78, 5) is 6.91. The molecule has 0 aliphatic carbocycles. The molecule has 4 aromatic heterocycles. The van der Waals surface area contributed by atoms with E-state index in [4.69, 9.17) is 27.6 Å². The van der Waals surface area contributed by atoms with Gasteiger partial charge in [0.1, 0.15) is 5.76 Å². The van der Waals surface area contributed by atoms with Gasteiger partial charge in [-0.25, -0.2) is 4.98 Å². The van der Waals surface area contributed by atoms with Crippen LogP contribution >= 0.6 is 35.0 Å². The molecule has 10 heteroatoms. The molecule has 0 spiro atoms. The Morgan fingerprint density at radius 1 is 1.14 bits per heavy atom. The van der Waals surface area contributed by atoms with Crippen molar-refractivity contribution in [2.45, 2.75) is 30.3 Å². The summed E-state index contributed by atoms with van der Waals surface area (Å²) in [5.74, 6) is 2.42. The van der Waals surface area contributed by atoms with Crippen LogP contribution in [0.4, 0.5) is 5.95 Å². The van der Waals surface area contributed by atoms with Crippen molar-refractivity contribution in [3.05, 3.63) is 58.4 Å². The van der Waals surface area contributed by atoms with Crippen LogP contribution in [0.25, 0.3) is 5.65 Å². The molecule has 7 nitrogen and oxygen atoms in total. The molecule has 1 saturated heterocycles. The van der Waals surface area contributed by atoms with Crippen LogP contribution < -0.4 is 4.90 Å². The molecule has 5 heterocycles. The molecule has 5 rings (SSSR count). The summed E-state index contributed by atoms with van der Waals surface area (Å²) in [5.41, 5.74) is 1.59. The van der Waals surface area contributed by atoms with Gasteiger partial charge in [-0.15, -0.1) is 10.2 Å². The van der Waals surface area contributed by atoms with Gasteiger partial charge in [-0.3, -0.25) is 4.57 Å². The van der Waals surface area contributed by atoms with Crippen LogP contribution in [0.3, 0.4) is 0 Å². The van der Waals surface area contributed by atoms with Gasteiger partial charge in [-0.1, -0.05) is 35.0 Å². The fraction of sp³-hybridized carbons (Fsp3) is 0.316. The van der Waals surface area contributed by atoms with Gasteiger partial charge in [0.25, 0.3) is 0 Å². The van der Waals surface area contributed by atoms with Crippen molar-refractivity contribution in [2.24, 2.45) is 0 Å². The van der Waals surface area contributed by atoms with Gasteiger partial charge in [-0.2, -0.15) is 0 Å². The molecular formula is C19H18Cl2N6OS. The van der Waals surface area contributed by atoms with Crippen LogP contribution in [0.1, 0.15) is 24.3 Å². The first-order valence-electron chi connectivity index (χ1n) is 9.33. The molecule has 1 aliphatic heterocycles. The van der Waals surface area contributed by atoms with Crippen molar-refractivity contribution in [3.8, 4) is 0 Å². The average Bonchev–Trinajstić information content (AvgIpc) is 3.48. The van der Waals surface area contributed by atoms with Crippen LogP contribution in [0, 0.1) is 0 Å². The lowest BCUT2D eigenvalue weighted by Gasteiger charge is -2.17. The molecule has 0 bridgehead atoms. The SMILES string of the molecule is Clc1cc(Cl)c2nc(CSc3nnc(N4CCCC4)n3Cc3ccco3)cn2c1. The molecular weight excluding hydrogens is 431 g/mol. The van der Waals surface area contributed by atoms with Crippen molar-refractivity contribution in [1.82, 2.24) is 24.1 Å². The Bertz CT molecular complexity index is 1130. The molecule has 0 amide bonds. The van der Waals surface area contributed by atoms with Crippen molar-refractivity contribution in [1.29, 1.82) is 0 Å². The monoisotopic (exact) mass is 448 g/mol. The third kappa shape index (κ3) is 3.84. The van der Waals surface area contributed by atoms with Gasteiger partial charge in [0.15, 0.2) is 10.8 Å². The molecule has 0 radical (unpaired) electrons. The van der Waals surface area contributed by atoms with Crippen LogP contribution in [-0.4, -0.2) is 37.2 Å². The fourth-order valence-electron chi connectivity index (χ4n) is 3.52. The maximum Gasteiger partial charge on any atom is 0.228 e. The highest BCUT2D eigenvalue weighted by atomic mass is 35.5. The number of rotatable bonds is 6. The lowest BCUT2D eigenvalue weighted by molar-refractivity contribution is 0.483. The Morgan fingerprint density at radius 2 is 2.00 bits per heavy atom. The van der Waals surface area contributed by atoms with Crippen molar-refractivity contribution < 1.29 is 4.42 Å². The molecule has 0 saturated carbocycles. The van der Waals surface area contributed by atoms with E-state index >= 15 is 0 Å². The van der Waals surface area contributed by atoms with Gasteiger partial charge in [0.2, 0.25) is 5.95 Å². The summed E-state index contributed by atoms with van der Waals surface area (Å²) in [5, 5.41) is 10.9. The smallest absolute Gasteiger partial charge is 0.228 e. The van der Waals surface area contributed by atoms with E-state index in [2.05, 4.69) is 24.6 Å². The predicted octanol–water partition coefficient (Wildman–Crippen LogP) is 4.77. The lowest BCUT2D eigenvalue weighted by atomic mass is 10.4. The van der Waals surface area contributed by atoms with Crippen LogP contribution in [0.15, 0.2) is 46.4 Å². The summed E-state index contributed by atoms with van der Waals surface area (Å²) in [7, 11) is 0. The van der Waals surface area contributed by atoms with E-state index in [0.717, 1.165) is 35.6 Å². The average molecular weight is 449 g/mol. The number of fused-ring (bicyclic) bond motifs is 1. The van der Waals surface area contributed by atoms with E-state index in [-0.39, 0.29) is 0 Å². The largest absolute Gasteiger partial charge is 0.467 e. The zero-order valence-corrected chi connectivity index (χ0v) is 17.8. The van der Waals surface area contributed by atoms with Crippen molar-refractivity contribution in [2.75, 3.05) is 18.0 Å². The molecule has 0 atom stereocenters. The lowest BCUT2D eigenvalue weighted by Crippen LogP contribution is -2.22. The molecule has 0 unspecified atom stereocenters. The molecule has 4 aromatic rings. The number of thioether (sulfide) groups is 1. The van der Waals surface area contributed by atoms with Gasteiger partial charge in [0.05, 0.1) is 28.5 Å². The summed E-state index contributed by atoms with van der Waals surface area (Å²) in [6.45, 7) is 2.61. The first-order chi connectivity index (χ1) is 14.2. The number of hydrogen-bond acceptors (Lipinski definition) is 6. The fourth-order valence-corrected chi connectivity index (χ4v) is 4.86. The zero-order valence-electron chi connectivity index (χ0n) is 15.5. The number of furan rings is 1. The van der Waals surface area contributed by atoms with Gasteiger partial charge in [0, 0.05) is 31.2 Å². The standard InChI is InChI=1S/C19H18Cl2N6OS/c20-13-8-16(21)17-22-14(10-26(17)9-13)12-29-19-24-23-18(25-5-1-2-6-25)27(19)11-15-4-3-7-28-15/h3-4,7-10H,1-2,5-6,11-12H2. The van der Waals surface area contributed by atoms with Crippen molar-refractivity contribution in [3.63, 3.8) is 0 Å². The number of aromatic nitrogens is 5. The van der Waals surface area contributed by atoms with E-state index in [1.165, 1.54) is 12.8 Å². The second-order valence-corrected chi connectivity index (χ2v) is 8.69. The Hall–Kier alpha value is -2.16. The summed E-state index contributed by atoms with van der Waals surface area (Å²) in [6.07, 6.45) is 7.79. The van der Waals surface area contributed by atoms with E-state index in [1.54, 1.807) is 30.3 Å². The number of hydrogen-bond donors (Lipinski definition) is 0. The minimum Gasteiger partial charge on any atom is -0.467 e. The van der Waals surface area contributed by atoms with Gasteiger partial charge >= 0.3 is 0 Å². The number of pyridine rings is 1. The maximum atomic E-state index is 6.26. The van der Waals surface area contributed by atoms with E-state index < -0.39 is 0 Å². The van der Waals surface area contributed by atoms with Crippen LogP contribution in [0.5, 0.6) is 0 Å². The molecule has 150 valence electrons. The maximum absolute atomic E-state index is 6.26. The summed E-state index contributed by atoms with van der Waals surface area (Å²) in [6, 6.07) is 5.56. The Kier molecular flexibility index (Phi) is 5.15. The second-order valence-electron chi connectivity index (χ2n) is 6.90. The van der Waals surface area contributed by atoms with Gasteiger partial charge < -0.3 is 13.7 Å². The molecule has 0 aromatic carbocycles. The van der Waals surface area contributed by atoms with Gasteiger partial charge in [-0.05, 0) is 31.0 Å². The number of anilines is 1. The normalized spacial score (nSPS) is 14.3. The van der Waals surface area contributed by atoms with E-state index in [1.807, 2.05) is 22.7 Å². The molecule has 1 aliphatic rings. The minimum absolute atomic E-state index is 0.533. The Labute approximate surface area is 181 Å². The molecule has 1 fully saturated rings. The van der Waals surface area contributed by atoms with E-state index in [0.29, 0.717) is 28.0 Å². The topological polar surface area (TPSA) is 64.4 Å². The highest BCUT2D eigenvalue weighted by molar-refractivity contribution is 7.98. The highest BCUT2D eigenvalue weighted by Crippen LogP contribution is 2.29. The third-order valence-electron chi connectivity index (χ3n) is 4.85. The quantitative estimate of drug-likeness (QED) is 0.396. The number of halogens is 2. The second kappa shape index (κ2) is 7.93. The molecule has 0 N–H and O–H groups in total. The predicted molar refractivity (Wildman–Crippen MR) is 114 cm³/mol.